The second-order valence-electron chi connectivity index (χ2n) is 3.59. The van der Waals surface area contributed by atoms with E-state index in [1.54, 1.807) is 0 Å². The van der Waals surface area contributed by atoms with Gasteiger partial charge in [0.25, 0.3) is 6.49 Å². The zero-order chi connectivity index (χ0) is 12.4. The Labute approximate surface area is 102 Å². The minimum atomic E-state index is -3.37. The number of hydrogen-bond acceptors (Lipinski definition) is 4. The van der Waals surface area contributed by atoms with Crippen molar-refractivity contribution in [3.63, 3.8) is 0 Å². The minimum Gasteiger partial charge on any atom is -0.462 e. The lowest BCUT2D eigenvalue weighted by Gasteiger charge is -2.12. The SMILES string of the molecule is CCCCCCCCOP(O)(=S)C(=O)OC. The molecule has 0 aliphatic rings. The lowest BCUT2D eigenvalue weighted by atomic mass is 10.1. The fraction of sp³-hybridized carbons (Fsp3) is 0.900. The molecule has 0 aliphatic carbocycles. The first-order valence-corrected chi connectivity index (χ1v) is 8.27. The highest BCUT2D eigenvalue weighted by atomic mass is 32.5. The summed E-state index contributed by atoms with van der Waals surface area (Å²) in [6.45, 7) is -0.876. The third-order valence-electron chi connectivity index (χ3n) is 2.17. The molecule has 4 nitrogen and oxygen atoms in total. The first kappa shape index (κ1) is 16.0. The largest absolute Gasteiger partial charge is 0.462 e. The summed E-state index contributed by atoms with van der Waals surface area (Å²) < 4.78 is 9.35. The summed E-state index contributed by atoms with van der Waals surface area (Å²) in [4.78, 5) is 20.4. The molecule has 0 heterocycles. The maximum absolute atomic E-state index is 11.0. The van der Waals surface area contributed by atoms with Gasteiger partial charge in [-0.3, -0.25) is 0 Å². The van der Waals surface area contributed by atoms with Crippen LogP contribution in [0.4, 0.5) is 4.79 Å². The highest BCUT2D eigenvalue weighted by Crippen LogP contribution is 2.44. The lowest BCUT2D eigenvalue weighted by Crippen LogP contribution is -2.03. The predicted octanol–water partition coefficient (Wildman–Crippen LogP) is 3.43. The third kappa shape index (κ3) is 7.34. The Balaban J connectivity index is 3.51. The van der Waals surface area contributed by atoms with Gasteiger partial charge in [0.05, 0.1) is 13.7 Å². The number of ether oxygens (including phenoxy) is 1. The number of methoxy groups -OCH3 is 1. The van der Waals surface area contributed by atoms with Gasteiger partial charge in [0.1, 0.15) is 0 Å². The summed E-state index contributed by atoms with van der Waals surface area (Å²) in [5, 5.41) is 0. The minimum absolute atomic E-state index is 0.328. The van der Waals surface area contributed by atoms with Crippen molar-refractivity contribution in [1.82, 2.24) is 0 Å². The van der Waals surface area contributed by atoms with E-state index in [0.717, 1.165) is 19.3 Å². The molecular formula is C10H21O4PS. The number of unbranched alkanes of at least 4 members (excludes halogenated alkanes) is 5. The van der Waals surface area contributed by atoms with Crippen LogP contribution in [0.25, 0.3) is 0 Å². The highest BCUT2D eigenvalue weighted by molar-refractivity contribution is 8.17. The van der Waals surface area contributed by atoms with Crippen LogP contribution in [-0.4, -0.2) is 24.3 Å². The molecular weight excluding hydrogens is 247 g/mol. The van der Waals surface area contributed by atoms with Crippen molar-refractivity contribution >= 4 is 24.0 Å². The van der Waals surface area contributed by atoms with Crippen molar-refractivity contribution < 1.29 is 18.9 Å². The van der Waals surface area contributed by atoms with Gasteiger partial charge in [-0.05, 0) is 18.2 Å². The second kappa shape index (κ2) is 9.11. The lowest BCUT2D eigenvalue weighted by molar-refractivity contribution is 0.187. The van der Waals surface area contributed by atoms with Crippen molar-refractivity contribution in [3.05, 3.63) is 0 Å². The average Bonchev–Trinajstić information content (AvgIpc) is 2.26. The van der Waals surface area contributed by atoms with Gasteiger partial charge in [-0.1, -0.05) is 39.0 Å². The van der Waals surface area contributed by atoms with E-state index in [0.29, 0.717) is 6.61 Å². The van der Waals surface area contributed by atoms with Gasteiger partial charge in [0.2, 0.25) is 0 Å². The van der Waals surface area contributed by atoms with Crippen molar-refractivity contribution in [2.75, 3.05) is 13.7 Å². The zero-order valence-corrected chi connectivity index (χ0v) is 11.7. The summed E-state index contributed by atoms with van der Waals surface area (Å²) in [5.41, 5.74) is -0.825. The van der Waals surface area contributed by atoms with Crippen LogP contribution in [0.1, 0.15) is 45.4 Å². The van der Waals surface area contributed by atoms with E-state index >= 15 is 0 Å². The Hall–Kier alpha value is 0.0400. The molecule has 0 aromatic heterocycles. The summed E-state index contributed by atoms with van der Waals surface area (Å²) >= 11 is 4.65. The molecule has 0 radical (unpaired) electrons. The van der Waals surface area contributed by atoms with Crippen LogP contribution < -0.4 is 0 Å². The maximum atomic E-state index is 11.0. The Morgan fingerprint density at radius 3 is 2.38 bits per heavy atom. The summed E-state index contributed by atoms with van der Waals surface area (Å²) in [6.07, 6.45) is 6.71. The van der Waals surface area contributed by atoms with Crippen LogP contribution >= 0.6 is 6.49 Å². The van der Waals surface area contributed by atoms with E-state index in [4.69, 9.17) is 4.52 Å². The third-order valence-corrected chi connectivity index (χ3v) is 4.11. The Morgan fingerprint density at radius 2 is 1.81 bits per heavy atom. The molecule has 6 heteroatoms. The van der Waals surface area contributed by atoms with Crippen LogP contribution in [0.2, 0.25) is 0 Å². The van der Waals surface area contributed by atoms with Crippen molar-refractivity contribution in [3.8, 4) is 0 Å². The number of carbonyl (C=O) groups excluding carboxylic acids is 1. The van der Waals surface area contributed by atoms with Crippen LogP contribution in [-0.2, 0) is 21.1 Å². The van der Waals surface area contributed by atoms with Gasteiger partial charge in [-0.15, -0.1) is 0 Å². The normalized spacial score (nSPS) is 14.4. The smallest absolute Gasteiger partial charge is 0.390 e. The van der Waals surface area contributed by atoms with Gasteiger partial charge in [0, 0.05) is 0 Å². The molecule has 0 aromatic rings. The van der Waals surface area contributed by atoms with E-state index in [2.05, 4.69) is 23.5 Å². The van der Waals surface area contributed by atoms with Crippen molar-refractivity contribution in [2.24, 2.45) is 0 Å². The molecule has 0 spiro atoms. The van der Waals surface area contributed by atoms with E-state index < -0.39 is 12.2 Å². The molecule has 0 saturated heterocycles. The van der Waals surface area contributed by atoms with Crippen LogP contribution in [0, 0.1) is 0 Å². The van der Waals surface area contributed by atoms with Crippen molar-refractivity contribution in [2.45, 2.75) is 45.4 Å². The molecule has 16 heavy (non-hydrogen) atoms. The van der Waals surface area contributed by atoms with Gasteiger partial charge in [0.15, 0.2) is 0 Å². The first-order chi connectivity index (χ1) is 7.54. The topological polar surface area (TPSA) is 55.8 Å². The number of carbonyl (C=O) groups is 1. The maximum Gasteiger partial charge on any atom is 0.390 e. The molecule has 1 unspecified atom stereocenters. The van der Waals surface area contributed by atoms with Gasteiger partial charge in [-0.2, -0.15) is 0 Å². The summed E-state index contributed by atoms with van der Waals surface area (Å²) in [7, 11) is 1.19. The Morgan fingerprint density at radius 1 is 1.25 bits per heavy atom. The molecule has 0 fully saturated rings. The fourth-order valence-corrected chi connectivity index (χ4v) is 2.40. The van der Waals surface area contributed by atoms with E-state index in [1.165, 1.54) is 26.4 Å². The molecule has 1 N–H and O–H groups in total. The molecule has 96 valence electrons. The van der Waals surface area contributed by atoms with Crippen LogP contribution in [0.5, 0.6) is 0 Å². The predicted molar refractivity (Wildman–Crippen MR) is 68.2 cm³/mol. The Kier molecular flexibility index (Phi) is 9.13. The van der Waals surface area contributed by atoms with Gasteiger partial charge >= 0.3 is 5.71 Å². The number of rotatable bonds is 9. The van der Waals surface area contributed by atoms with Crippen LogP contribution in [0.3, 0.4) is 0 Å². The van der Waals surface area contributed by atoms with Crippen LogP contribution in [0.15, 0.2) is 0 Å². The molecule has 0 rings (SSSR count). The molecule has 0 aliphatic heterocycles. The summed E-state index contributed by atoms with van der Waals surface area (Å²) in [5.74, 6) is 0. The molecule has 0 aromatic carbocycles. The average molecular weight is 268 g/mol. The molecule has 0 bridgehead atoms. The van der Waals surface area contributed by atoms with E-state index in [9.17, 15) is 9.69 Å². The molecule has 0 amide bonds. The quantitative estimate of drug-likeness (QED) is 0.513. The second-order valence-corrected chi connectivity index (χ2v) is 6.74. The van der Waals surface area contributed by atoms with Gasteiger partial charge in [-0.25, -0.2) is 4.79 Å². The molecule has 1 atom stereocenters. The first-order valence-electron chi connectivity index (χ1n) is 5.60. The monoisotopic (exact) mass is 268 g/mol. The van der Waals surface area contributed by atoms with Crippen molar-refractivity contribution in [1.29, 1.82) is 0 Å². The molecule has 0 saturated carbocycles. The number of hydrogen-bond donors (Lipinski definition) is 1. The fourth-order valence-electron chi connectivity index (χ4n) is 1.24. The standard InChI is InChI=1S/C10H21O4PS/c1-3-4-5-6-7-8-9-14-15(12,16)10(11)13-2/h3-9H2,1-2H3,(H,12,16). The van der Waals surface area contributed by atoms with Gasteiger partial charge < -0.3 is 14.2 Å². The summed E-state index contributed by atoms with van der Waals surface area (Å²) in [6, 6.07) is 0. The Bertz CT molecular complexity index is 245. The van der Waals surface area contributed by atoms with E-state index in [1.807, 2.05) is 0 Å². The zero-order valence-electron chi connectivity index (χ0n) is 9.98. The highest BCUT2D eigenvalue weighted by Gasteiger charge is 2.25. The van der Waals surface area contributed by atoms with E-state index in [-0.39, 0.29) is 0 Å².